The average Bonchev–Trinajstić information content (AvgIpc) is 3.25. The summed E-state index contributed by atoms with van der Waals surface area (Å²) in [7, 11) is 1.75. The number of anilines is 1. The van der Waals surface area contributed by atoms with E-state index in [2.05, 4.69) is 27.1 Å². The van der Waals surface area contributed by atoms with Crippen LogP contribution in [0.3, 0.4) is 0 Å². The summed E-state index contributed by atoms with van der Waals surface area (Å²) >= 11 is 0. The summed E-state index contributed by atoms with van der Waals surface area (Å²) in [6.45, 7) is 7.67. The second-order valence-corrected chi connectivity index (χ2v) is 5.43. The second kappa shape index (κ2) is 7.55. The van der Waals surface area contributed by atoms with Crippen LogP contribution >= 0.6 is 0 Å². The maximum atomic E-state index is 5.19. The molecule has 1 heterocycles. The van der Waals surface area contributed by atoms with Crippen molar-refractivity contribution >= 4 is 5.82 Å². The van der Waals surface area contributed by atoms with E-state index >= 15 is 0 Å². The van der Waals surface area contributed by atoms with Crippen LogP contribution in [0.25, 0.3) is 0 Å². The molecule has 1 fully saturated rings. The van der Waals surface area contributed by atoms with Gasteiger partial charge in [-0.25, -0.2) is 9.97 Å². The standard InChI is InChI=1S/C15H26N4O/c1-4-7-16-14-10-12(2)17-15(18-14)11-19(8-9-20-3)13-5-6-13/h10,13H,4-9,11H2,1-3H3,(H,16,17,18). The van der Waals surface area contributed by atoms with Gasteiger partial charge in [0.2, 0.25) is 0 Å². The quantitative estimate of drug-likeness (QED) is 0.750. The fourth-order valence-electron chi connectivity index (χ4n) is 2.26. The molecule has 1 aliphatic carbocycles. The highest BCUT2D eigenvalue weighted by Gasteiger charge is 2.29. The van der Waals surface area contributed by atoms with Gasteiger partial charge in [-0.3, -0.25) is 4.90 Å². The molecular weight excluding hydrogens is 252 g/mol. The molecule has 2 rings (SSSR count). The molecule has 1 saturated carbocycles. The maximum Gasteiger partial charge on any atom is 0.144 e. The summed E-state index contributed by atoms with van der Waals surface area (Å²) < 4.78 is 5.19. The Morgan fingerprint density at radius 3 is 2.85 bits per heavy atom. The number of rotatable bonds is 9. The topological polar surface area (TPSA) is 50.3 Å². The minimum Gasteiger partial charge on any atom is -0.383 e. The molecule has 1 aromatic heterocycles. The SMILES string of the molecule is CCCNc1cc(C)nc(CN(CCOC)C2CC2)n1. The van der Waals surface area contributed by atoms with Crippen molar-refractivity contribution in [2.24, 2.45) is 0 Å². The van der Waals surface area contributed by atoms with Crippen LogP contribution in [-0.2, 0) is 11.3 Å². The summed E-state index contributed by atoms with van der Waals surface area (Å²) in [5.74, 6) is 1.85. The Hall–Kier alpha value is -1.20. The molecule has 1 N–H and O–H groups in total. The van der Waals surface area contributed by atoms with E-state index in [0.29, 0.717) is 6.04 Å². The van der Waals surface area contributed by atoms with Crippen molar-refractivity contribution in [1.29, 1.82) is 0 Å². The van der Waals surface area contributed by atoms with Crippen molar-refractivity contribution in [2.45, 2.75) is 45.7 Å². The van der Waals surface area contributed by atoms with Crippen LogP contribution in [-0.4, -0.2) is 47.7 Å². The van der Waals surface area contributed by atoms with Gasteiger partial charge in [-0.1, -0.05) is 6.92 Å². The summed E-state index contributed by atoms with van der Waals surface area (Å²) in [5.41, 5.74) is 1.02. The average molecular weight is 278 g/mol. The molecule has 0 radical (unpaired) electrons. The Morgan fingerprint density at radius 1 is 1.40 bits per heavy atom. The number of nitrogens with zero attached hydrogens (tertiary/aromatic N) is 3. The van der Waals surface area contributed by atoms with Gasteiger partial charge in [-0.05, 0) is 26.2 Å². The van der Waals surface area contributed by atoms with Gasteiger partial charge in [0.25, 0.3) is 0 Å². The normalized spacial score (nSPS) is 14.8. The zero-order valence-electron chi connectivity index (χ0n) is 12.9. The molecule has 1 aromatic rings. The summed E-state index contributed by atoms with van der Waals surface area (Å²) in [5, 5.41) is 3.34. The third-order valence-corrected chi connectivity index (χ3v) is 3.45. The molecule has 1 aliphatic rings. The van der Waals surface area contributed by atoms with E-state index in [-0.39, 0.29) is 0 Å². The van der Waals surface area contributed by atoms with E-state index in [9.17, 15) is 0 Å². The predicted molar refractivity (Wildman–Crippen MR) is 80.9 cm³/mol. The first-order valence-electron chi connectivity index (χ1n) is 7.54. The zero-order chi connectivity index (χ0) is 14.4. The number of aryl methyl sites for hydroxylation is 1. The highest BCUT2D eigenvalue weighted by Crippen LogP contribution is 2.27. The van der Waals surface area contributed by atoms with Gasteiger partial charge in [0.05, 0.1) is 13.2 Å². The Morgan fingerprint density at radius 2 is 2.20 bits per heavy atom. The molecule has 0 bridgehead atoms. The van der Waals surface area contributed by atoms with Crippen LogP contribution in [0.5, 0.6) is 0 Å². The highest BCUT2D eigenvalue weighted by molar-refractivity contribution is 5.35. The van der Waals surface area contributed by atoms with Crippen LogP contribution in [0.1, 0.15) is 37.7 Å². The van der Waals surface area contributed by atoms with Crippen LogP contribution in [0, 0.1) is 6.92 Å². The Balaban J connectivity index is 2.00. The van der Waals surface area contributed by atoms with Gasteiger partial charge in [-0.15, -0.1) is 0 Å². The first kappa shape index (κ1) is 15.2. The second-order valence-electron chi connectivity index (χ2n) is 5.43. The molecule has 20 heavy (non-hydrogen) atoms. The lowest BCUT2D eigenvalue weighted by atomic mass is 10.3. The maximum absolute atomic E-state index is 5.19. The van der Waals surface area contributed by atoms with Crippen molar-refractivity contribution in [3.8, 4) is 0 Å². The molecule has 5 nitrogen and oxygen atoms in total. The first-order valence-corrected chi connectivity index (χ1v) is 7.54. The van der Waals surface area contributed by atoms with Gasteiger partial charge in [0, 0.05) is 38.0 Å². The van der Waals surface area contributed by atoms with E-state index in [1.165, 1.54) is 12.8 Å². The van der Waals surface area contributed by atoms with Crippen molar-refractivity contribution in [2.75, 3.05) is 32.1 Å². The lowest BCUT2D eigenvalue weighted by Crippen LogP contribution is -2.30. The lowest BCUT2D eigenvalue weighted by Gasteiger charge is -2.21. The fraction of sp³-hybridized carbons (Fsp3) is 0.733. The Kier molecular flexibility index (Phi) is 5.73. The van der Waals surface area contributed by atoms with Crippen molar-refractivity contribution in [3.05, 3.63) is 17.6 Å². The van der Waals surface area contributed by atoms with E-state index in [1.54, 1.807) is 7.11 Å². The first-order chi connectivity index (χ1) is 9.72. The number of ether oxygens (including phenoxy) is 1. The van der Waals surface area contributed by atoms with Gasteiger partial charge in [-0.2, -0.15) is 0 Å². The van der Waals surface area contributed by atoms with Crippen molar-refractivity contribution < 1.29 is 4.74 Å². The third-order valence-electron chi connectivity index (χ3n) is 3.45. The smallest absolute Gasteiger partial charge is 0.144 e. The Bertz CT molecular complexity index is 420. The van der Waals surface area contributed by atoms with Gasteiger partial charge in [0.15, 0.2) is 0 Å². The van der Waals surface area contributed by atoms with Crippen LogP contribution in [0.4, 0.5) is 5.82 Å². The van der Waals surface area contributed by atoms with Gasteiger partial charge >= 0.3 is 0 Å². The highest BCUT2D eigenvalue weighted by atomic mass is 16.5. The van der Waals surface area contributed by atoms with E-state index in [4.69, 9.17) is 4.74 Å². The molecule has 0 unspecified atom stereocenters. The van der Waals surface area contributed by atoms with E-state index in [0.717, 1.165) is 50.0 Å². The lowest BCUT2D eigenvalue weighted by molar-refractivity contribution is 0.138. The predicted octanol–water partition coefficient (Wildman–Crippen LogP) is 2.22. The molecule has 0 spiro atoms. The molecule has 0 atom stereocenters. The van der Waals surface area contributed by atoms with Gasteiger partial charge < -0.3 is 10.1 Å². The molecule has 112 valence electrons. The molecule has 0 saturated heterocycles. The molecule has 0 amide bonds. The largest absolute Gasteiger partial charge is 0.383 e. The number of methoxy groups -OCH3 is 1. The fourth-order valence-corrected chi connectivity index (χ4v) is 2.26. The Labute approximate surface area is 121 Å². The van der Waals surface area contributed by atoms with Crippen molar-refractivity contribution in [3.63, 3.8) is 0 Å². The van der Waals surface area contributed by atoms with E-state index in [1.807, 2.05) is 13.0 Å². The summed E-state index contributed by atoms with van der Waals surface area (Å²) in [4.78, 5) is 11.6. The monoisotopic (exact) mass is 278 g/mol. The van der Waals surface area contributed by atoms with Crippen LogP contribution in [0.15, 0.2) is 6.07 Å². The molecular formula is C15H26N4O. The third kappa shape index (κ3) is 4.72. The van der Waals surface area contributed by atoms with Crippen LogP contribution < -0.4 is 5.32 Å². The molecule has 5 heteroatoms. The minimum atomic E-state index is 0.696. The zero-order valence-corrected chi connectivity index (χ0v) is 12.9. The van der Waals surface area contributed by atoms with Crippen molar-refractivity contribution in [1.82, 2.24) is 14.9 Å². The summed E-state index contributed by atoms with van der Waals surface area (Å²) in [6.07, 6.45) is 3.67. The molecule has 0 aromatic carbocycles. The number of aromatic nitrogens is 2. The number of nitrogens with one attached hydrogen (secondary N) is 1. The number of hydrogen-bond acceptors (Lipinski definition) is 5. The minimum absolute atomic E-state index is 0.696. The number of hydrogen-bond donors (Lipinski definition) is 1. The summed E-state index contributed by atoms with van der Waals surface area (Å²) in [6, 6.07) is 2.71. The van der Waals surface area contributed by atoms with E-state index < -0.39 is 0 Å². The van der Waals surface area contributed by atoms with Gasteiger partial charge in [0.1, 0.15) is 11.6 Å². The molecule has 0 aliphatic heterocycles. The van der Waals surface area contributed by atoms with Crippen LogP contribution in [0.2, 0.25) is 0 Å².